The monoisotopic (exact) mass is 242 g/mol. The summed E-state index contributed by atoms with van der Waals surface area (Å²) in [7, 11) is 1.76. The van der Waals surface area contributed by atoms with Crippen LogP contribution in [0.25, 0.3) is 0 Å². The van der Waals surface area contributed by atoms with Gasteiger partial charge < -0.3 is 15.3 Å². The zero-order chi connectivity index (χ0) is 13.0. The summed E-state index contributed by atoms with van der Waals surface area (Å²) >= 11 is 0. The Balaban J connectivity index is 2.41. The summed E-state index contributed by atoms with van der Waals surface area (Å²) in [6.07, 6.45) is 2.36. The van der Waals surface area contributed by atoms with E-state index in [1.807, 2.05) is 13.8 Å². The molecule has 17 heavy (non-hydrogen) atoms. The van der Waals surface area contributed by atoms with Crippen molar-refractivity contribution in [1.82, 2.24) is 10.2 Å². The van der Waals surface area contributed by atoms with E-state index in [4.69, 9.17) is 5.11 Å². The van der Waals surface area contributed by atoms with Crippen LogP contribution >= 0.6 is 0 Å². The van der Waals surface area contributed by atoms with Crippen molar-refractivity contribution in [2.45, 2.75) is 39.2 Å². The molecule has 0 saturated heterocycles. The topological polar surface area (TPSA) is 69.6 Å². The van der Waals surface area contributed by atoms with Gasteiger partial charge in [0.2, 0.25) is 0 Å². The Morgan fingerprint density at radius 1 is 1.41 bits per heavy atom. The highest BCUT2D eigenvalue weighted by Crippen LogP contribution is 2.29. The maximum absolute atomic E-state index is 11.8. The number of hydrogen-bond acceptors (Lipinski definition) is 2. The molecule has 0 aliphatic heterocycles. The predicted octanol–water partition coefficient (Wildman–Crippen LogP) is 1.54. The number of nitrogens with zero attached hydrogens (tertiary/aromatic N) is 1. The first kappa shape index (κ1) is 13.8. The predicted molar refractivity (Wildman–Crippen MR) is 64.8 cm³/mol. The lowest BCUT2D eigenvalue weighted by molar-refractivity contribution is -0.137. The van der Waals surface area contributed by atoms with Gasteiger partial charge in [0.05, 0.1) is 6.42 Å². The molecule has 0 aromatic rings. The van der Waals surface area contributed by atoms with Crippen molar-refractivity contribution in [2.24, 2.45) is 11.8 Å². The largest absolute Gasteiger partial charge is 0.481 e. The van der Waals surface area contributed by atoms with Gasteiger partial charge in [-0.15, -0.1) is 0 Å². The van der Waals surface area contributed by atoms with Crippen molar-refractivity contribution >= 4 is 12.0 Å². The fraction of sp³-hybridized carbons (Fsp3) is 0.833. The summed E-state index contributed by atoms with van der Waals surface area (Å²) in [5, 5.41) is 11.6. The van der Waals surface area contributed by atoms with Gasteiger partial charge in [-0.05, 0) is 24.7 Å². The van der Waals surface area contributed by atoms with Gasteiger partial charge in [-0.3, -0.25) is 4.79 Å². The molecule has 0 spiro atoms. The van der Waals surface area contributed by atoms with E-state index in [0.717, 1.165) is 6.54 Å². The number of carbonyl (C=O) groups excluding carboxylic acids is 1. The van der Waals surface area contributed by atoms with E-state index in [1.165, 1.54) is 12.8 Å². The van der Waals surface area contributed by atoms with Crippen LogP contribution in [0.2, 0.25) is 0 Å². The molecule has 1 aliphatic carbocycles. The molecule has 1 saturated carbocycles. The van der Waals surface area contributed by atoms with Crippen molar-refractivity contribution in [1.29, 1.82) is 0 Å². The van der Waals surface area contributed by atoms with Crippen LogP contribution in [-0.4, -0.2) is 41.6 Å². The molecule has 1 rings (SSSR count). The molecule has 98 valence electrons. The van der Waals surface area contributed by atoms with Gasteiger partial charge in [-0.1, -0.05) is 13.8 Å². The molecule has 2 N–H and O–H groups in total. The minimum Gasteiger partial charge on any atom is -0.481 e. The first-order valence-corrected chi connectivity index (χ1v) is 6.13. The molecule has 1 atom stereocenters. The quantitative estimate of drug-likeness (QED) is 0.742. The zero-order valence-electron chi connectivity index (χ0n) is 10.8. The summed E-state index contributed by atoms with van der Waals surface area (Å²) in [5.74, 6) is -0.124. The molecule has 1 fully saturated rings. The molecule has 1 aliphatic rings. The summed E-state index contributed by atoms with van der Waals surface area (Å²) in [4.78, 5) is 24.2. The minimum atomic E-state index is -0.881. The smallest absolute Gasteiger partial charge is 0.317 e. The third-order valence-corrected chi connectivity index (χ3v) is 3.08. The molecule has 5 nitrogen and oxygen atoms in total. The first-order chi connectivity index (χ1) is 7.90. The Hall–Kier alpha value is -1.26. The molecule has 5 heteroatoms. The maximum atomic E-state index is 11.8. The zero-order valence-corrected chi connectivity index (χ0v) is 10.8. The fourth-order valence-electron chi connectivity index (χ4n) is 1.68. The van der Waals surface area contributed by atoms with Crippen LogP contribution in [0.5, 0.6) is 0 Å². The molecule has 1 unspecified atom stereocenters. The second kappa shape index (κ2) is 5.89. The minimum absolute atomic E-state index is 0.0271. The average Bonchev–Trinajstić information content (AvgIpc) is 2.99. The van der Waals surface area contributed by atoms with E-state index in [2.05, 4.69) is 5.32 Å². The molecular weight excluding hydrogens is 220 g/mol. The summed E-state index contributed by atoms with van der Waals surface area (Å²) in [6, 6.07) is -0.474. The van der Waals surface area contributed by atoms with Gasteiger partial charge in [0, 0.05) is 19.6 Å². The second-order valence-electron chi connectivity index (χ2n) is 5.22. The third-order valence-electron chi connectivity index (χ3n) is 3.08. The maximum Gasteiger partial charge on any atom is 0.317 e. The van der Waals surface area contributed by atoms with E-state index >= 15 is 0 Å². The van der Waals surface area contributed by atoms with E-state index in [0.29, 0.717) is 5.92 Å². The number of carbonyl (C=O) groups is 2. The highest BCUT2D eigenvalue weighted by Gasteiger charge is 2.26. The van der Waals surface area contributed by atoms with Gasteiger partial charge in [-0.2, -0.15) is 0 Å². The van der Waals surface area contributed by atoms with Crippen molar-refractivity contribution in [3.8, 4) is 0 Å². The van der Waals surface area contributed by atoms with Crippen molar-refractivity contribution in [2.75, 3.05) is 13.6 Å². The third kappa shape index (κ3) is 5.06. The molecule has 0 aromatic carbocycles. The van der Waals surface area contributed by atoms with Crippen LogP contribution in [0.1, 0.15) is 33.1 Å². The van der Waals surface area contributed by atoms with Gasteiger partial charge in [-0.25, -0.2) is 4.79 Å². The highest BCUT2D eigenvalue weighted by molar-refractivity contribution is 5.75. The Labute approximate surface area is 102 Å². The van der Waals surface area contributed by atoms with Crippen molar-refractivity contribution in [3.63, 3.8) is 0 Å². The van der Waals surface area contributed by atoms with E-state index in [-0.39, 0.29) is 24.4 Å². The number of rotatable bonds is 6. The molecule has 2 amide bonds. The van der Waals surface area contributed by atoms with Crippen LogP contribution in [0.15, 0.2) is 0 Å². The Morgan fingerprint density at radius 2 is 2.00 bits per heavy atom. The first-order valence-electron chi connectivity index (χ1n) is 6.13. The lowest BCUT2D eigenvalue weighted by Gasteiger charge is -2.25. The van der Waals surface area contributed by atoms with Crippen LogP contribution in [0.3, 0.4) is 0 Å². The number of aliphatic carboxylic acids is 1. The molecule has 0 heterocycles. The van der Waals surface area contributed by atoms with Crippen LogP contribution in [0.4, 0.5) is 4.79 Å². The number of nitrogens with one attached hydrogen (secondary N) is 1. The van der Waals surface area contributed by atoms with E-state index < -0.39 is 5.97 Å². The number of carboxylic acids is 1. The summed E-state index contributed by atoms with van der Waals surface area (Å²) in [5.41, 5.74) is 0. The Bertz CT molecular complexity index is 287. The number of carboxylic acid groups (broad SMARTS) is 1. The molecular formula is C12H22N2O3. The van der Waals surface area contributed by atoms with Crippen LogP contribution < -0.4 is 5.32 Å². The Kier molecular flexibility index (Phi) is 4.78. The van der Waals surface area contributed by atoms with Crippen molar-refractivity contribution < 1.29 is 14.7 Å². The molecule has 0 radical (unpaired) electrons. The standard InChI is InChI=1S/C12H22N2O3/c1-8(2)10(6-11(15)16)13-12(17)14(3)7-9-4-5-9/h8-10H,4-7H2,1-3H3,(H,13,17)(H,15,16). The Morgan fingerprint density at radius 3 is 2.41 bits per heavy atom. The van der Waals surface area contributed by atoms with E-state index in [9.17, 15) is 9.59 Å². The normalized spacial score (nSPS) is 16.7. The lowest BCUT2D eigenvalue weighted by Crippen LogP contribution is -2.46. The number of amides is 2. The number of urea groups is 1. The number of hydrogen-bond donors (Lipinski definition) is 2. The molecule has 0 aromatic heterocycles. The lowest BCUT2D eigenvalue weighted by atomic mass is 10.0. The molecule has 0 bridgehead atoms. The van der Waals surface area contributed by atoms with Gasteiger partial charge in [0.25, 0.3) is 0 Å². The average molecular weight is 242 g/mol. The van der Waals surface area contributed by atoms with E-state index in [1.54, 1.807) is 11.9 Å². The second-order valence-corrected chi connectivity index (χ2v) is 5.22. The highest BCUT2D eigenvalue weighted by atomic mass is 16.4. The van der Waals surface area contributed by atoms with Crippen molar-refractivity contribution in [3.05, 3.63) is 0 Å². The van der Waals surface area contributed by atoms with Crippen LogP contribution in [-0.2, 0) is 4.79 Å². The van der Waals surface area contributed by atoms with Gasteiger partial charge in [0.1, 0.15) is 0 Å². The fourth-order valence-corrected chi connectivity index (χ4v) is 1.68. The van der Waals surface area contributed by atoms with Gasteiger partial charge >= 0.3 is 12.0 Å². The van der Waals surface area contributed by atoms with Gasteiger partial charge in [0.15, 0.2) is 0 Å². The van der Waals surface area contributed by atoms with Crippen LogP contribution in [0, 0.1) is 11.8 Å². The SMILES string of the molecule is CC(C)C(CC(=O)O)NC(=O)N(C)CC1CC1. The summed E-state index contributed by atoms with van der Waals surface area (Å²) in [6.45, 7) is 4.59. The summed E-state index contributed by atoms with van der Waals surface area (Å²) < 4.78 is 0.